The van der Waals surface area contributed by atoms with Crippen LogP contribution in [0, 0.1) is 0 Å². The Kier molecular flexibility index (Phi) is 5.44. The summed E-state index contributed by atoms with van der Waals surface area (Å²) in [6.07, 6.45) is 8.91. The highest BCUT2D eigenvalue weighted by atomic mass is 35.5. The van der Waals surface area contributed by atoms with Crippen LogP contribution in [0.4, 0.5) is 0 Å². The zero-order chi connectivity index (χ0) is 19.1. The van der Waals surface area contributed by atoms with E-state index in [2.05, 4.69) is 15.3 Å². The van der Waals surface area contributed by atoms with Gasteiger partial charge in [-0.3, -0.25) is 14.6 Å². The van der Waals surface area contributed by atoms with Gasteiger partial charge in [-0.25, -0.2) is 4.98 Å². The van der Waals surface area contributed by atoms with Gasteiger partial charge in [-0.2, -0.15) is 0 Å². The smallest absolute Gasteiger partial charge is 0.254 e. The van der Waals surface area contributed by atoms with E-state index in [0.29, 0.717) is 5.82 Å². The molecule has 2 aromatic heterocycles. The molecule has 8 heteroatoms. The number of nitrogens with one attached hydrogen (secondary N) is 2. The minimum Gasteiger partial charge on any atom is -0.341 e. The average molecular weight is 416 g/mol. The van der Waals surface area contributed by atoms with Crippen molar-refractivity contribution in [1.29, 1.82) is 0 Å². The number of rotatable bonds is 2. The van der Waals surface area contributed by atoms with Gasteiger partial charge >= 0.3 is 0 Å². The number of aromatic nitrogens is 3. The SMILES string of the molecule is Cl.O=C([C@@H]1CCCN1)N1CCC2(CCc3c2nc(-c2cccnc2)[nH]c3=O)CC1. The molecule has 0 radical (unpaired) electrons. The van der Waals surface area contributed by atoms with E-state index in [1.807, 2.05) is 17.0 Å². The summed E-state index contributed by atoms with van der Waals surface area (Å²) >= 11 is 0. The first-order chi connectivity index (χ1) is 13.7. The number of hydrogen-bond donors (Lipinski definition) is 2. The Morgan fingerprint density at radius 1 is 1.24 bits per heavy atom. The lowest BCUT2D eigenvalue weighted by Crippen LogP contribution is -2.50. The fourth-order valence-electron chi connectivity index (χ4n) is 5.05. The first kappa shape index (κ1) is 20.0. The lowest BCUT2D eigenvalue weighted by molar-refractivity contribution is -0.134. The van der Waals surface area contributed by atoms with Gasteiger partial charge in [-0.15, -0.1) is 12.4 Å². The molecule has 0 unspecified atom stereocenters. The van der Waals surface area contributed by atoms with Crippen molar-refractivity contribution in [2.24, 2.45) is 0 Å². The summed E-state index contributed by atoms with van der Waals surface area (Å²) in [5.74, 6) is 0.826. The Bertz CT molecular complexity index is 947. The van der Waals surface area contributed by atoms with Crippen LogP contribution in [0.3, 0.4) is 0 Å². The molecule has 2 saturated heterocycles. The van der Waals surface area contributed by atoms with E-state index < -0.39 is 0 Å². The lowest BCUT2D eigenvalue weighted by Gasteiger charge is -2.40. The lowest BCUT2D eigenvalue weighted by atomic mass is 9.76. The number of H-pyrrole nitrogens is 1. The van der Waals surface area contributed by atoms with Gasteiger partial charge in [0.15, 0.2) is 0 Å². The van der Waals surface area contributed by atoms with Crippen molar-refractivity contribution in [3.63, 3.8) is 0 Å². The monoisotopic (exact) mass is 415 g/mol. The van der Waals surface area contributed by atoms with Crippen LogP contribution in [0.2, 0.25) is 0 Å². The maximum atomic E-state index is 12.7. The maximum absolute atomic E-state index is 12.7. The second-order valence-corrected chi connectivity index (χ2v) is 8.24. The summed E-state index contributed by atoms with van der Waals surface area (Å²) in [5, 5.41) is 3.31. The molecule has 5 rings (SSSR count). The van der Waals surface area contributed by atoms with E-state index in [1.165, 1.54) is 0 Å². The minimum atomic E-state index is -0.0829. The van der Waals surface area contributed by atoms with Crippen LogP contribution in [0.1, 0.15) is 43.4 Å². The van der Waals surface area contributed by atoms with Gasteiger partial charge in [-0.1, -0.05) is 0 Å². The highest BCUT2D eigenvalue weighted by Gasteiger charge is 2.45. The maximum Gasteiger partial charge on any atom is 0.254 e. The number of pyridine rings is 1. The van der Waals surface area contributed by atoms with Gasteiger partial charge in [0.2, 0.25) is 5.91 Å². The van der Waals surface area contributed by atoms with Crippen LogP contribution < -0.4 is 10.9 Å². The fraction of sp³-hybridized carbons (Fsp3) is 0.524. The third kappa shape index (κ3) is 3.46. The molecule has 1 atom stereocenters. The number of likely N-dealkylation sites (tertiary alicyclic amines) is 1. The molecule has 2 N–H and O–H groups in total. The van der Waals surface area contributed by atoms with Crippen molar-refractivity contribution < 1.29 is 4.79 Å². The van der Waals surface area contributed by atoms with Crippen LogP contribution in [0.25, 0.3) is 11.4 Å². The van der Waals surface area contributed by atoms with Crippen molar-refractivity contribution in [3.05, 3.63) is 46.1 Å². The van der Waals surface area contributed by atoms with Crippen molar-refractivity contribution in [3.8, 4) is 11.4 Å². The molecule has 0 bridgehead atoms. The van der Waals surface area contributed by atoms with Crippen molar-refractivity contribution >= 4 is 18.3 Å². The van der Waals surface area contributed by atoms with Gasteiger partial charge in [0.1, 0.15) is 5.82 Å². The molecule has 0 aromatic carbocycles. The summed E-state index contributed by atoms with van der Waals surface area (Å²) < 4.78 is 0. The molecule has 154 valence electrons. The van der Waals surface area contributed by atoms with Gasteiger partial charge < -0.3 is 15.2 Å². The Morgan fingerprint density at radius 2 is 2.07 bits per heavy atom. The second-order valence-electron chi connectivity index (χ2n) is 8.24. The standard InChI is InChI=1S/C21H25N5O2.ClH/c27-19-15-5-6-21(17(15)24-18(25-19)14-3-1-9-22-13-14)7-11-26(12-8-21)20(28)16-4-2-10-23-16;/h1,3,9,13,16,23H,2,4-8,10-12H2,(H,24,25,27);1H/t16-;/m0./s1. The second kappa shape index (κ2) is 7.88. The van der Waals surface area contributed by atoms with E-state index in [4.69, 9.17) is 4.98 Å². The first-order valence-electron chi connectivity index (χ1n) is 10.2. The van der Waals surface area contributed by atoms with Crippen molar-refractivity contribution in [1.82, 2.24) is 25.2 Å². The van der Waals surface area contributed by atoms with Gasteiger partial charge in [0.25, 0.3) is 5.56 Å². The van der Waals surface area contributed by atoms with Crippen molar-refractivity contribution in [2.75, 3.05) is 19.6 Å². The number of fused-ring (bicyclic) bond motifs is 2. The van der Waals surface area contributed by atoms with Gasteiger partial charge in [-0.05, 0) is 57.2 Å². The molecule has 7 nitrogen and oxygen atoms in total. The quantitative estimate of drug-likeness (QED) is 0.780. The topological polar surface area (TPSA) is 91.0 Å². The Balaban J connectivity index is 0.00000205. The molecule has 29 heavy (non-hydrogen) atoms. The van der Waals surface area contributed by atoms with Gasteiger partial charge in [0.05, 0.1) is 11.7 Å². The van der Waals surface area contributed by atoms with Crippen LogP contribution in [-0.4, -0.2) is 51.4 Å². The summed E-state index contributed by atoms with van der Waals surface area (Å²) in [6, 6.07) is 3.75. The Morgan fingerprint density at radius 3 is 2.76 bits per heavy atom. The zero-order valence-corrected chi connectivity index (χ0v) is 17.1. The highest BCUT2D eigenvalue weighted by Crippen LogP contribution is 2.44. The van der Waals surface area contributed by atoms with Crippen LogP contribution in [0.15, 0.2) is 29.3 Å². The summed E-state index contributed by atoms with van der Waals surface area (Å²) in [6.45, 7) is 2.42. The predicted molar refractivity (Wildman–Crippen MR) is 112 cm³/mol. The molecule has 1 spiro atoms. The summed E-state index contributed by atoms with van der Waals surface area (Å²) in [5.41, 5.74) is 2.48. The number of hydrogen-bond acceptors (Lipinski definition) is 5. The zero-order valence-electron chi connectivity index (χ0n) is 16.3. The molecule has 4 heterocycles. The van der Waals surface area contributed by atoms with Gasteiger partial charge in [0, 0.05) is 42.0 Å². The number of amides is 1. The summed E-state index contributed by atoms with van der Waals surface area (Å²) in [4.78, 5) is 39.4. The third-order valence-corrected chi connectivity index (χ3v) is 6.70. The summed E-state index contributed by atoms with van der Waals surface area (Å²) in [7, 11) is 0. The number of nitrogens with zero attached hydrogens (tertiary/aromatic N) is 3. The minimum absolute atomic E-state index is 0. The molecule has 1 amide bonds. The van der Waals surface area contributed by atoms with Crippen LogP contribution in [-0.2, 0) is 16.6 Å². The van der Waals surface area contributed by atoms with E-state index in [1.54, 1.807) is 12.4 Å². The molecule has 2 fully saturated rings. The molecular weight excluding hydrogens is 390 g/mol. The number of aromatic amines is 1. The van der Waals surface area contributed by atoms with Crippen LogP contribution >= 0.6 is 12.4 Å². The number of carbonyl (C=O) groups is 1. The van der Waals surface area contributed by atoms with E-state index >= 15 is 0 Å². The average Bonchev–Trinajstić information content (AvgIpc) is 3.38. The third-order valence-electron chi connectivity index (χ3n) is 6.70. The highest BCUT2D eigenvalue weighted by molar-refractivity contribution is 5.85. The number of piperidine rings is 1. The largest absolute Gasteiger partial charge is 0.341 e. The molecule has 2 aliphatic heterocycles. The van der Waals surface area contributed by atoms with E-state index in [9.17, 15) is 9.59 Å². The van der Waals surface area contributed by atoms with E-state index in [-0.39, 0.29) is 35.3 Å². The molecular formula is C21H26ClN5O2. The predicted octanol–water partition coefficient (Wildman–Crippen LogP) is 1.81. The van der Waals surface area contributed by atoms with Crippen molar-refractivity contribution in [2.45, 2.75) is 50.0 Å². The number of carbonyl (C=O) groups excluding carboxylic acids is 1. The molecule has 0 saturated carbocycles. The number of halogens is 1. The van der Waals surface area contributed by atoms with E-state index in [0.717, 1.165) is 75.0 Å². The fourth-order valence-corrected chi connectivity index (χ4v) is 5.05. The van der Waals surface area contributed by atoms with Crippen LogP contribution in [0.5, 0.6) is 0 Å². The molecule has 3 aliphatic rings. The Labute approximate surface area is 175 Å². The normalized spacial score (nSPS) is 22.3. The molecule has 2 aromatic rings. The first-order valence-corrected chi connectivity index (χ1v) is 10.2. The Hall–Kier alpha value is -2.25. The molecule has 1 aliphatic carbocycles.